The van der Waals surface area contributed by atoms with Gasteiger partial charge in [0, 0.05) is 35.1 Å². The Hall–Kier alpha value is -3.29. The molecule has 4 aromatic rings. The first-order valence-electron chi connectivity index (χ1n) is 11.5. The van der Waals surface area contributed by atoms with Gasteiger partial charge in [0.25, 0.3) is 0 Å². The fourth-order valence-electron chi connectivity index (χ4n) is 3.67. The molecule has 0 bridgehead atoms. The average Bonchev–Trinajstić information content (AvgIpc) is 3.47. The number of nitrogens with zero attached hydrogens (tertiary/aromatic N) is 2. The molecule has 8 heteroatoms. The molecule has 1 amide bonds. The fourth-order valence-corrected chi connectivity index (χ4v) is 4.62. The number of halogens is 1. The van der Waals surface area contributed by atoms with Gasteiger partial charge in [-0.3, -0.25) is 0 Å². The summed E-state index contributed by atoms with van der Waals surface area (Å²) in [5, 5.41) is 6.43. The van der Waals surface area contributed by atoms with E-state index in [1.54, 1.807) is 18.4 Å². The second kappa shape index (κ2) is 11.4. The predicted molar refractivity (Wildman–Crippen MR) is 142 cm³/mol. The summed E-state index contributed by atoms with van der Waals surface area (Å²) in [6.45, 7) is 5.21. The quantitative estimate of drug-likeness (QED) is 0.242. The number of amides is 1. The molecule has 2 aromatic heterocycles. The standard InChI is InChI=1S/C27H28ClN3O3S/c1-4-5-14-29-27(32)34-25-15-24(31(18(25)2)16-19-6-10-21(28)11-7-19)23-17-35-26(30-23)20-8-12-22(33-3)13-9-20/h6-13,15,17H,4-5,14,16H2,1-3H3,(H,29,32). The van der Waals surface area contributed by atoms with Crippen LogP contribution in [-0.4, -0.2) is 29.3 Å². The van der Waals surface area contributed by atoms with Crippen LogP contribution in [0, 0.1) is 6.92 Å². The molecule has 4 rings (SSSR count). The number of thiazole rings is 1. The van der Waals surface area contributed by atoms with Crippen molar-refractivity contribution in [3.05, 3.63) is 76.3 Å². The summed E-state index contributed by atoms with van der Waals surface area (Å²) in [5.74, 6) is 1.32. The van der Waals surface area contributed by atoms with E-state index in [0.29, 0.717) is 23.9 Å². The van der Waals surface area contributed by atoms with Gasteiger partial charge in [0.05, 0.1) is 24.2 Å². The molecule has 0 fully saturated rings. The van der Waals surface area contributed by atoms with Gasteiger partial charge >= 0.3 is 6.09 Å². The fraction of sp³-hybridized carbons (Fsp3) is 0.259. The average molecular weight is 510 g/mol. The van der Waals surface area contributed by atoms with Crippen LogP contribution in [-0.2, 0) is 6.54 Å². The molecule has 0 atom stereocenters. The summed E-state index contributed by atoms with van der Waals surface area (Å²) >= 11 is 7.65. The normalized spacial score (nSPS) is 10.9. The number of aromatic nitrogens is 2. The van der Waals surface area contributed by atoms with E-state index < -0.39 is 6.09 Å². The lowest BCUT2D eigenvalue weighted by molar-refractivity contribution is 0.200. The first-order valence-corrected chi connectivity index (χ1v) is 12.7. The molecule has 0 spiro atoms. The molecule has 0 saturated carbocycles. The Bertz CT molecular complexity index is 1280. The molecule has 2 aromatic carbocycles. The Balaban J connectivity index is 1.66. The SMILES string of the molecule is CCCCNC(=O)Oc1cc(-c2csc(-c3ccc(OC)cc3)n2)n(Cc2ccc(Cl)cc2)c1C. The molecule has 6 nitrogen and oxygen atoms in total. The van der Waals surface area contributed by atoms with Crippen LogP contribution >= 0.6 is 22.9 Å². The highest BCUT2D eigenvalue weighted by molar-refractivity contribution is 7.13. The van der Waals surface area contributed by atoms with Gasteiger partial charge in [-0.15, -0.1) is 11.3 Å². The number of ether oxygens (including phenoxy) is 2. The predicted octanol–water partition coefficient (Wildman–Crippen LogP) is 7.19. The van der Waals surface area contributed by atoms with Crippen molar-refractivity contribution >= 4 is 29.0 Å². The topological polar surface area (TPSA) is 65.4 Å². The lowest BCUT2D eigenvalue weighted by atomic mass is 10.2. The van der Waals surface area contributed by atoms with Gasteiger partial charge in [-0.2, -0.15) is 0 Å². The van der Waals surface area contributed by atoms with E-state index in [2.05, 4.69) is 16.8 Å². The largest absolute Gasteiger partial charge is 0.497 e. The minimum absolute atomic E-state index is 0.450. The molecule has 0 saturated heterocycles. The number of benzene rings is 2. The Kier molecular flexibility index (Phi) is 8.10. The number of unbranched alkanes of at least 4 members (excludes halogenated alkanes) is 1. The third kappa shape index (κ3) is 6.05. The Morgan fingerprint density at radius 1 is 1.14 bits per heavy atom. The highest BCUT2D eigenvalue weighted by atomic mass is 35.5. The van der Waals surface area contributed by atoms with Gasteiger partial charge in [0.15, 0.2) is 5.75 Å². The maximum absolute atomic E-state index is 12.4. The van der Waals surface area contributed by atoms with E-state index in [0.717, 1.165) is 51.8 Å². The molecular weight excluding hydrogens is 482 g/mol. The van der Waals surface area contributed by atoms with Crippen molar-refractivity contribution in [3.8, 4) is 33.5 Å². The second-order valence-electron chi connectivity index (χ2n) is 8.13. The number of carbonyl (C=O) groups excluding carboxylic acids is 1. The zero-order valence-corrected chi connectivity index (χ0v) is 21.6. The summed E-state index contributed by atoms with van der Waals surface area (Å²) in [7, 11) is 1.65. The maximum Gasteiger partial charge on any atom is 0.412 e. The van der Waals surface area contributed by atoms with E-state index in [-0.39, 0.29) is 0 Å². The van der Waals surface area contributed by atoms with Crippen LogP contribution in [0.5, 0.6) is 11.5 Å². The van der Waals surface area contributed by atoms with Gasteiger partial charge < -0.3 is 19.4 Å². The molecule has 0 radical (unpaired) electrons. The van der Waals surface area contributed by atoms with E-state index in [1.165, 1.54) is 0 Å². The van der Waals surface area contributed by atoms with E-state index in [1.807, 2.05) is 66.9 Å². The van der Waals surface area contributed by atoms with Crippen LogP contribution in [0.4, 0.5) is 4.79 Å². The minimum atomic E-state index is -0.450. The van der Waals surface area contributed by atoms with Crippen molar-refractivity contribution in [1.29, 1.82) is 0 Å². The monoisotopic (exact) mass is 509 g/mol. The van der Waals surface area contributed by atoms with Crippen molar-refractivity contribution in [3.63, 3.8) is 0 Å². The van der Waals surface area contributed by atoms with Crippen LogP contribution < -0.4 is 14.8 Å². The molecule has 1 N–H and O–H groups in total. The van der Waals surface area contributed by atoms with E-state index in [4.69, 9.17) is 26.1 Å². The zero-order valence-electron chi connectivity index (χ0n) is 20.0. The maximum atomic E-state index is 12.4. The molecule has 182 valence electrons. The zero-order chi connectivity index (χ0) is 24.8. The van der Waals surface area contributed by atoms with Crippen molar-refractivity contribution in [2.24, 2.45) is 0 Å². The van der Waals surface area contributed by atoms with Crippen LogP contribution in [0.3, 0.4) is 0 Å². The minimum Gasteiger partial charge on any atom is -0.497 e. The van der Waals surface area contributed by atoms with Gasteiger partial charge in [-0.05, 0) is 55.3 Å². The highest BCUT2D eigenvalue weighted by Crippen LogP contribution is 2.35. The van der Waals surface area contributed by atoms with Gasteiger partial charge in [0.1, 0.15) is 10.8 Å². The molecule has 35 heavy (non-hydrogen) atoms. The van der Waals surface area contributed by atoms with Crippen molar-refractivity contribution in [2.75, 3.05) is 13.7 Å². The molecule has 0 aliphatic carbocycles. The summed E-state index contributed by atoms with van der Waals surface area (Å²) < 4.78 is 13.1. The molecule has 0 aliphatic rings. The third-order valence-electron chi connectivity index (χ3n) is 5.68. The molecular formula is C27H28ClN3O3S. The van der Waals surface area contributed by atoms with Crippen LogP contribution in [0.25, 0.3) is 22.0 Å². The van der Waals surface area contributed by atoms with Crippen LogP contribution in [0.2, 0.25) is 5.02 Å². The number of methoxy groups -OCH3 is 1. The number of carbonyl (C=O) groups is 1. The van der Waals surface area contributed by atoms with Crippen LogP contribution in [0.1, 0.15) is 31.0 Å². The van der Waals surface area contributed by atoms with Gasteiger partial charge in [0.2, 0.25) is 0 Å². The molecule has 0 unspecified atom stereocenters. The second-order valence-corrected chi connectivity index (χ2v) is 9.42. The van der Waals surface area contributed by atoms with Gasteiger partial charge in [-0.25, -0.2) is 9.78 Å². The number of hydrogen-bond donors (Lipinski definition) is 1. The summed E-state index contributed by atoms with van der Waals surface area (Å²) in [5.41, 5.74) is 4.64. The smallest absolute Gasteiger partial charge is 0.412 e. The van der Waals surface area contributed by atoms with Crippen LogP contribution in [0.15, 0.2) is 60.0 Å². The third-order valence-corrected chi connectivity index (χ3v) is 6.82. The first kappa shape index (κ1) is 24.8. The Morgan fingerprint density at radius 2 is 1.89 bits per heavy atom. The number of hydrogen-bond acceptors (Lipinski definition) is 5. The van der Waals surface area contributed by atoms with Crippen molar-refractivity contribution in [1.82, 2.24) is 14.9 Å². The van der Waals surface area contributed by atoms with Crippen molar-refractivity contribution < 1.29 is 14.3 Å². The number of rotatable bonds is 9. The number of nitrogens with one attached hydrogen (secondary N) is 1. The lowest BCUT2D eigenvalue weighted by Gasteiger charge is -2.11. The highest BCUT2D eigenvalue weighted by Gasteiger charge is 2.19. The van der Waals surface area contributed by atoms with Gasteiger partial charge in [-0.1, -0.05) is 37.1 Å². The first-order chi connectivity index (χ1) is 17.0. The van der Waals surface area contributed by atoms with Crippen molar-refractivity contribution in [2.45, 2.75) is 33.2 Å². The van der Waals surface area contributed by atoms with E-state index >= 15 is 0 Å². The lowest BCUT2D eigenvalue weighted by Crippen LogP contribution is -2.27. The summed E-state index contributed by atoms with van der Waals surface area (Å²) in [6, 6.07) is 17.5. The van der Waals surface area contributed by atoms with E-state index in [9.17, 15) is 4.79 Å². The Morgan fingerprint density at radius 3 is 2.57 bits per heavy atom. The molecule has 0 aliphatic heterocycles. The summed E-state index contributed by atoms with van der Waals surface area (Å²) in [6.07, 6.45) is 1.46. The molecule has 2 heterocycles. The Labute approximate surface area is 214 Å². The summed E-state index contributed by atoms with van der Waals surface area (Å²) in [4.78, 5) is 17.2.